The van der Waals surface area contributed by atoms with Crippen LogP contribution < -0.4 is 14.8 Å². The second-order valence-corrected chi connectivity index (χ2v) is 5.30. The van der Waals surface area contributed by atoms with Gasteiger partial charge in [-0.1, -0.05) is 18.2 Å². The van der Waals surface area contributed by atoms with E-state index in [1.54, 1.807) is 13.3 Å². The maximum absolute atomic E-state index is 11.6. The Morgan fingerprint density at radius 2 is 2.00 bits per heavy atom. The molecule has 22 heavy (non-hydrogen) atoms. The summed E-state index contributed by atoms with van der Waals surface area (Å²) in [5.74, 6) is 2.09. The summed E-state index contributed by atoms with van der Waals surface area (Å²) in [5.41, 5.74) is 0.808. The number of carbonyl (C=O) groups is 1. The van der Waals surface area contributed by atoms with E-state index in [1.807, 2.05) is 42.7 Å². The topological polar surface area (TPSA) is 60.5 Å². The minimum absolute atomic E-state index is 0.0143. The summed E-state index contributed by atoms with van der Waals surface area (Å²) in [6, 6.07) is 11.0. The Bertz CT molecular complexity index is 634. The molecule has 2 rings (SSSR count). The third-order valence-corrected chi connectivity index (χ3v) is 3.43. The molecule has 0 unspecified atom stereocenters. The number of hydrogen-bond donors (Lipinski definition) is 1. The van der Waals surface area contributed by atoms with E-state index in [0.717, 1.165) is 5.56 Å². The predicted octanol–water partition coefficient (Wildman–Crippen LogP) is 2.86. The van der Waals surface area contributed by atoms with Crippen LogP contribution in [-0.2, 0) is 11.3 Å². The zero-order valence-electron chi connectivity index (χ0n) is 12.5. The highest BCUT2D eigenvalue weighted by Gasteiger charge is 2.10. The molecule has 0 aliphatic heterocycles. The second-order valence-electron chi connectivity index (χ2n) is 4.43. The van der Waals surface area contributed by atoms with E-state index in [4.69, 9.17) is 9.47 Å². The van der Waals surface area contributed by atoms with Crippen molar-refractivity contribution in [2.75, 3.05) is 19.1 Å². The van der Waals surface area contributed by atoms with Crippen molar-refractivity contribution in [3.63, 3.8) is 0 Å². The Morgan fingerprint density at radius 3 is 2.73 bits per heavy atom. The van der Waals surface area contributed by atoms with E-state index in [1.165, 1.54) is 11.8 Å². The van der Waals surface area contributed by atoms with Crippen LogP contribution in [0.4, 0.5) is 0 Å². The first kappa shape index (κ1) is 16.2. The first-order valence-electron chi connectivity index (χ1n) is 6.75. The average Bonchev–Trinajstić information content (AvgIpc) is 2.55. The Labute approximate surface area is 134 Å². The van der Waals surface area contributed by atoms with Gasteiger partial charge in [0.2, 0.25) is 11.8 Å². The maximum Gasteiger partial charge on any atom is 0.230 e. The van der Waals surface area contributed by atoms with Crippen LogP contribution >= 0.6 is 11.8 Å². The van der Waals surface area contributed by atoms with Gasteiger partial charge in [-0.2, -0.15) is 11.8 Å². The number of methoxy groups -OCH3 is 1. The van der Waals surface area contributed by atoms with Gasteiger partial charge in [-0.25, -0.2) is 4.98 Å². The van der Waals surface area contributed by atoms with Crippen molar-refractivity contribution < 1.29 is 14.3 Å². The standard InChI is InChI=1S/C16H18N2O3S/c1-20-13-7-3-4-8-14(13)21-16-12(6-5-9-17-16)10-18-15(19)11-22-2/h3-9H,10-11H2,1-2H3,(H,18,19). The molecule has 0 bridgehead atoms. The lowest BCUT2D eigenvalue weighted by atomic mass is 10.2. The predicted molar refractivity (Wildman–Crippen MR) is 87.5 cm³/mol. The fraction of sp³-hybridized carbons (Fsp3) is 0.250. The number of nitrogens with one attached hydrogen (secondary N) is 1. The third-order valence-electron chi connectivity index (χ3n) is 2.88. The minimum atomic E-state index is -0.0143. The number of nitrogens with zero attached hydrogens (tertiary/aromatic N) is 1. The summed E-state index contributed by atoms with van der Waals surface area (Å²) in [6.45, 7) is 0.373. The number of benzene rings is 1. The highest BCUT2D eigenvalue weighted by atomic mass is 32.2. The van der Waals surface area contributed by atoms with E-state index >= 15 is 0 Å². The van der Waals surface area contributed by atoms with Crippen LogP contribution in [0, 0.1) is 0 Å². The SMILES string of the molecule is COc1ccccc1Oc1ncccc1CNC(=O)CSC. The summed E-state index contributed by atoms with van der Waals surface area (Å²) >= 11 is 1.48. The maximum atomic E-state index is 11.6. The Morgan fingerprint density at radius 1 is 1.23 bits per heavy atom. The minimum Gasteiger partial charge on any atom is -0.493 e. The number of carbonyl (C=O) groups excluding carboxylic acids is 1. The van der Waals surface area contributed by atoms with Crippen molar-refractivity contribution in [1.29, 1.82) is 0 Å². The number of pyridine rings is 1. The number of rotatable bonds is 7. The average molecular weight is 318 g/mol. The molecule has 0 saturated carbocycles. The van der Waals surface area contributed by atoms with E-state index in [0.29, 0.717) is 29.7 Å². The van der Waals surface area contributed by atoms with Crippen molar-refractivity contribution >= 4 is 17.7 Å². The highest BCUT2D eigenvalue weighted by molar-refractivity contribution is 7.99. The molecule has 0 aliphatic rings. The fourth-order valence-corrected chi connectivity index (χ4v) is 2.20. The molecule has 116 valence electrons. The molecule has 0 spiro atoms. The molecule has 0 radical (unpaired) electrons. The zero-order valence-corrected chi connectivity index (χ0v) is 13.4. The molecule has 0 saturated heterocycles. The van der Waals surface area contributed by atoms with E-state index in [9.17, 15) is 4.79 Å². The van der Waals surface area contributed by atoms with Crippen LogP contribution in [0.5, 0.6) is 17.4 Å². The molecular weight excluding hydrogens is 300 g/mol. The largest absolute Gasteiger partial charge is 0.493 e. The number of aromatic nitrogens is 1. The van der Waals surface area contributed by atoms with Crippen molar-refractivity contribution in [1.82, 2.24) is 10.3 Å². The van der Waals surface area contributed by atoms with E-state index in [-0.39, 0.29) is 5.91 Å². The molecule has 5 nitrogen and oxygen atoms in total. The first-order chi connectivity index (χ1) is 10.7. The normalized spacial score (nSPS) is 10.1. The monoisotopic (exact) mass is 318 g/mol. The highest BCUT2D eigenvalue weighted by Crippen LogP contribution is 2.31. The number of hydrogen-bond acceptors (Lipinski definition) is 5. The summed E-state index contributed by atoms with van der Waals surface area (Å²) in [7, 11) is 1.59. The van der Waals surface area contributed by atoms with Gasteiger partial charge in [-0.05, 0) is 24.5 Å². The smallest absolute Gasteiger partial charge is 0.230 e. The summed E-state index contributed by atoms with van der Waals surface area (Å²) < 4.78 is 11.1. The van der Waals surface area contributed by atoms with Crippen LogP contribution in [0.15, 0.2) is 42.6 Å². The van der Waals surface area contributed by atoms with E-state index < -0.39 is 0 Å². The number of para-hydroxylation sites is 2. The van der Waals surface area contributed by atoms with Crippen LogP contribution in [0.25, 0.3) is 0 Å². The lowest BCUT2D eigenvalue weighted by Crippen LogP contribution is -2.24. The van der Waals surface area contributed by atoms with Crippen LogP contribution in [0.1, 0.15) is 5.56 Å². The van der Waals surface area contributed by atoms with Crippen LogP contribution in [0.3, 0.4) is 0 Å². The lowest BCUT2D eigenvalue weighted by molar-refractivity contribution is -0.118. The molecule has 2 aromatic rings. The van der Waals surface area contributed by atoms with Gasteiger partial charge in [0.25, 0.3) is 0 Å². The van der Waals surface area contributed by atoms with Gasteiger partial charge in [0.15, 0.2) is 11.5 Å². The first-order valence-corrected chi connectivity index (χ1v) is 8.14. The molecule has 0 aliphatic carbocycles. The van der Waals surface area contributed by atoms with Gasteiger partial charge < -0.3 is 14.8 Å². The van der Waals surface area contributed by atoms with Gasteiger partial charge in [-0.3, -0.25) is 4.79 Å². The molecule has 1 heterocycles. The van der Waals surface area contributed by atoms with Gasteiger partial charge in [0.05, 0.1) is 12.9 Å². The molecule has 1 aromatic heterocycles. The number of thioether (sulfide) groups is 1. The Hall–Kier alpha value is -2.21. The quantitative estimate of drug-likeness (QED) is 0.850. The van der Waals surface area contributed by atoms with Crippen molar-refractivity contribution in [3.05, 3.63) is 48.2 Å². The van der Waals surface area contributed by atoms with Gasteiger partial charge in [0, 0.05) is 18.3 Å². The van der Waals surface area contributed by atoms with E-state index in [2.05, 4.69) is 10.3 Å². The Balaban J connectivity index is 2.12. The molecule has 6 heteroatoms. The lowest BCUT2D eigenvalue weighted by Gasteiger charge is -2.12. The number of ether oxygens (including phenoxy) is 2. The zero-order chi connectivity index (χ0) is 15.8. The van der Waals surface area contributed by atoms with Crippen molar-refractivity contribution in [2.45, 2.75) is 6.54 Å². The summed E-state index contributed by atoms with van der Waals surface area (Å²) in [5, 5.41) is 2.84. The molecule has 1 amide bonds. The summed E-state index contributed by atoms with van der Waals surface area (Å²) in [6.07, 6.45) is 3.54. The Kier molecular flexibility index (Phi) is 6.09. The molecule has 1 N–H and O–H groups in total. The van der Waals surface area contributed by atoms with Crippen molar-refractivity contribution in [3.8, 4) is 17.4 Å². The molecular formula is C16H18N2O3S. The third kappa shape index (κ3) is 4.39. The molecule has 0 fully saturated rings. The van der Waals surface area contributed by atoms with Gasteiger partial charge in [-0.15, -0.1) is 0 Å². The van der Waals surface area contributed by atoms with Gasteiger partial charge in [0.1, 0.15) is 0 Å². The fourth-order valence-electron chi connectivity index (χ4n) is 1.83. The molecule has 1 aromatic carbocycles. The van der Waals surface area contributed by atoms with Crippen LogP contribution in [-0.4, -0.2) is 30.0 Å². The van der Waals surface area contributed by atoms with Crippen LogP contribution in [0.2, 0.25) is 0 Å². The molecule has 0 atom stereocenters. The van der Waals surface area contributed by atoms with Gasteiger partial charge >= 0.3 is 0 Å². The number of amides is 1. The second kappa shape index (κ2) is 8.29. The van der Waals surface area contributed by atoms with Crippen molar-refractivity contribution in [2.24, 2.45) is 0 Å². The summed E-state index contributed by atoms with van der Waals surface area (Å²) in [4.78, 5) is 15.8.